The molecule has 0 radical (unpaired) electrons. The summed E-state index contributed by atoms with van der Waals surface area (Å²) in [6.07, 6.45) is 0. The molecule has 5 nitrogen and oxygen atoms in total. The Morgan fingerprint density at radius 3 is 1.71 bits per heavy atom. The Balaban J connectivity index is 1.16. The summed E-state index contributed by atoms with van der Waals surface area (Å²) in [4.78, 5) is 15.4. The quantitative estimate of drug-likeness (QED) is 0.175. The van der Waals surface area contributed by atoms with Gasteiger partial charge >= 0.3 is 0 Å². The molecule has 0 saturated heterocycles. The highest BCUT2D eigenvalue weighted by atomic mass is 16.3. The van der Waals surface area contributed by atoms with E-state index in [1.807, 2.05) is 78.9 Å². The molecule has 0 fully saturated rings. The van der Waals surface area contributed by atoms with Crippen molar-refractivity contribution in [3.8, 4) is 45.3 Å². The first kappa shape index (κ1) is 28.7. The lowest BCUT2D eigenvalue weighted by Gasteiger charge is -2.11. The van der Waals surface area contributed by atoms with Gasteiger partial charge in [-0.3, -0.25) is 0 Å². The van der Waals surface area contributed by atoms with Crippen LogP contribution in [0.1, 0.15) is 0 Å². The predicted octanol–water partition coefficient (Wildman–Crippen LogP) is 12.6. The van der Waals surface area contributed by atoms with Crippen LogP contribution in [0.4, 0.5) is 0 Å². The molecule has 0 unspecified atom stereocenters. The summed E-state index contributed by atoms with van der Waals surface area (Å²) in [5.41, 5.74) is 8.15. The first-order chi connectivity index (χ1) is 25.7. The predicted molar refractivity (Wildman–Crippen MR) is 211 cm³/mol. The molecule has 11 aromatic rings. The smallest absolute Gasteiger partial charge is 0.164 e. The molecule has 0 aliphatic carbocycles. The Morgan fingerprint density at radius 2 is 0.865 bits per heavy atom. The van der Waals surface area contributed by atoms with Gasteiger partial charge in [-0.1, -0.05) is 121 Å². The van der Waals surface area contributed by atoms with E-state index in [1.54, 1.807) is 0 Å². The Hall–Kier alpha value is -7.11. The van der Waals surface area contributed by atoms with E-state index in [4.69, 9.17) is 23.8 Å². The van der Waals surface area contributed by atoms with Gasteiger partial charge < -0.3 is 8.83 Å². The topological polar surface area (TPSA) is 65.0 Å². The molecule has 0 saturated carbocycles. The van der Waals surface area contributed by atoms with E-state index in [2.05, 4.69) is 84.9 Å². The highest BCUT2D eigenvalue weighted by molar-refractivity contribution is 6.18. The molecular formula is C47H27N3O2. The van der Waals surface area contributed by atoms with Gasteiger partial charge in [-0.25, -0.2) is 15.0 Å². The van der Waals surface area contributed by atoms with Crippen molar-refractivity contribution in [2.24, 2.45) is 0 Å². The van der Waals surface area contributed by atoms with E-state index in [1.165, 1.54) is 21.5 Å². The second kappa shape index (κ2) is 11.2. The number of para-hydroxylation sites is 1. The molecule has 0 amide bonds. The Bertz CT molecular complexity index is 3190. The zero-order valence-electron chi connectivity index (χ0n) is 27.7. The van der Waals surface area contributed by atoms with E-state index >= 15 is 0 Å². The van der Waals surface area contributed by atoms with Gasteiger partial charge in [0.2, 0.25) is 0 Å². The Morgan fingerprint density at radius 1 is 0.308 bits per heavy atom. The molecule has 3 heterocycles. The summed E-state index contributed by atoms with van der Waals surface area (Å²) in [5, 5.41) is 8.97. The van der Waals surface area contributed by atoms with Crippen LogP contribution in [-0.2, 0) is 0 Å². The maximum absolute atomic E-state index is 6.56. The fourth-order valence-electron chi connectivity index (χ4n) is 7.67. The summed E-state index contributed by atoms with van der Waals surface area (Å²) >= 11 is 0. The first-order valence-corrected chi connectivity index (χ1v) is 17.3. The van der Waals surface area contributed by atoms with Crippen molar-refractivity contribution >= 4 is 65.4 Å². The lowest BCUT2D eigenvalue weighted by atomic mass is 9.94. The standard InChI is InChI=1S/C47H27N3O2/c1-2-11-30(12-3-1)45-48-46(32-24-25-40-38(27-32)35-14-6-7-17-39(35)51-40)50-47(49-45)36-16-9-19-42-44(36)43-34(15-8-18-41(43)52-42)31-23-22-29-21-20-28-10-4-5-13-33(28)37(29)26-31/h1-27H. The number of benzene rings is 8. The molecule has 0 aliphatic heterocycles. The maximum atomic E-state index is 6.56. The van der Waals surface area contributed by atoms with Crippen LogP contribution in [0.2, 0.25) is 0 Å². The van der Waals surface area contributed by atoms with Crippen molar-refractivity contribution in [3.63, 3.8) is 0 Å². The van der Waals surface area contributed by atoms with Crippen molar-refractivity contribution in [3.05, 3.63) is 164 Å². The lowest BCUT2D eigenvalue weighted by Crippen LogP contribution is -2.00. The van der Waals surface area contributed by atoms with Crippen LogP contribution in [0, 0.1) is 0 Å². The maximum Gasteiger partial charge on any atom is 0.164 e. The molecule has 8 aromatic carbocycles. The van der Waals surface area contributed by atoms with Gasteiger partial charge in [0.1, 0.15) is 22.3 Å². The van der Waals surface area contributed by atoms with Gasteiger partial charge in [-0.15, -0.1) is 0 Å². The van der Waals surface area contributed by atoms with Gasteiger partial charge in [0.05, 0.1) is 0 Å². The molecular weight excluding hydrogens is 639 g/mol. The molecule has 5 heteroatoms. The van der Waals surface area contributed by atoms with Gasteiger partial charge in [0.25, 0.3) is 0 Å². The van der Waals surface area contributed by atoms with E-state index < -0.39 is 0 Å². The Kier molecular flexibility index (Phi) is 6.18. The molecule has 0 bridgehead atoms. The van der Waals surface area contributed by atoms with E-state index in [-0.39, 0.29) is 0 Å². The highest BCUT2D eigenvalue weighted by Gasteiger charge is 2.21. The second-order valence-corrected chi connectivity index (χ2v) is 13.2. The van der Waals surface area contributed by atoms with E-state index in [9.17, 15) is 0 Å². The van der Waals surface area contributed by atoms with Crippen molar-refractivity contribution in [2.45, 2.75) is 0 Å². The number of nitrogens with zero attached hydrogens (tertiary/aromatic N) is 3. The average Bonchev–Trinajstić information content (AvgIpc) is 3.79. The number of fused-ring (bicyclic) bond motifs is 9. The van der Waals surface area contributed by atoms with Crippen LogP contribution in [-0.4, -0.2) is 15.0 Å². The molecule has 11 rings (SSSR count). The minimum atomic E-state index is 0.577. The zero-order chi connectivity index (χ0) is 34.2. The summed E-state index contributed by atoms with van der Waals surface area (Å²) < 4.78 is 12.7. The first-order valence-electron chi connectivity index (χ1n) is 17.3. The van der Waals surface area contributed by atoms with Crippen LogP contribution < -0.4 is 0 Å². The van der Waals surface area contributed by atoms with Gasteiger partial charge in [0.15, 0.2) is 17.5 Å². The van der Waals surface area contributed by atoms with E-state index in [0.29, 0.717) is 17.5 Å². The van der Waals surface area contributed by atoms with Crippen LogP contribution in [0.3, 0.4) is 0 Å². The third kappa shape index (κ3) is 4.46. The molecule has 0 spiro atoms. The second-order valence-electron chi connectivity index (χ2n) is 13.2. The number of hydrogen-bond donors (Lipinski definition) is 0. The van der Waals surface area contributed by atoms with Crippen LogP contribution in [0.25, 0.3) is 111 Å². The molecule has 0 N–H and O–H groups in total. The third-order valence-electron chi connectivity index (χ3n) is 10.1. The van der Waals surface area contributed by atoms with Gasteiger partial charge in [-0.2, -0.15) is 0 Å². The average molecular weight is 666 g/mol. The number of aromatic nitrogens is 3. The summed E-state index contributed by atoms with van der Waals surface area (Å²) in [6, 6.07) is 56.4. The largest absolute Gasteiger partial charge is 0.456 e. The minimum Gasteiger partial charge on any atom is -0.456 e. The normalized spacial score (nSPS) is 11.8. The van der Waals surface area contributed by atoms with Crippen LogP contribution in [0.5, 0.6) is 0 Å². The van der Waals surface area contributed by atoms with Gasteiger partial charge in [-0.05, 0) is 75.1 Å². The number of hydrogen-bond acceptors (Lipinski definition) is 5. The summed E-state index contributed by atoms with van der Waals surface area (Å²) in [7, 11) is 0. The monoisotopic (exact) mass is 665 g/mol. The molecule has 3 aromatic heterocycles. The minimum absolute atomic E-state index is 0.577. The van der Waals surface area contributed by atoms with Crippen molar-refractivity contribution in [1.29, 1.82) is 0 Å². The van der Waals surface area contributed by atoms with Gasteiger partial charge in [0, 0.05) is 38.2 Å². The summed E-state index contributed by atoms with van der Waals surface area (Å²) in [5.74, 6) is 1.76. The lowest BCUT2D eigenvalue weighted by molar-refractivity contribution is 0.668. The molecule has 0 aliphatic rings. The molecule has 242 valence electrons. The van der Waals surface area contributed by atoms with Crippen molar-refractivity contribution in [1.82, 2.24) is 15.0 Å². The number of furan rings is 2. The third-order valence-corrected chi connectivity index (χ3v) is 10.1. The van der Waals surface area contributed by atoms with Crippen LogP contribution in [0.15, 0.2) is 173 Å². The van der Waals surface area contributed by atoms with Crippen LogP contribution >= 0.6 is 0 Å². The SMILES string of the molecule is c1ccc(-c2nc(-c3ccc4oc5ccccc5c4c3)nc(-c3cccc4oc5cccc(-c6ccc7ccc8ccccc8c7c6)c5c34)n2)cc1. The highest BCUT2D eigenvalue weighted by Crippen LogP contribution is 2.42. The fraction of sp³-hybridized carbons (Fsp3) is 0. The summed E-state index contributed by atoms with van der Waals surface area (Å²) in [6.45, 7) is 0. The van der Waals surface area contributed by atoms with Crippen molar-refractivity contribution in [2.75, 3.05) is 0 Å². The van der Waals surface area contributed by atoms with E-state index in [0.717, 1.165) is 71.7 Å². The Labute approximate surface area is 297 Å². The number of rotatable bonds is 4. The molecule has 0 atom stereocenters. The molecule has 52 heavy (non-hydrogen) atoms. The fourth-order valence-corrected chi connectivity index (χ4v) is 7.67. The van der Waals surface area contributed by atoms with Crippen molar-refractivity contribution < 1.29 is 8.83 Å². The zero-order valence-corrected chi connectivity index (χ0v) is 27.7.